The van der Waals surface area contributed by atoms with E-state index in [0.29, 0.717) is 5.92 Å². The van der Waals surface area contributed by atoms with E-state index in [2.05, 4.69) is 34.6 Å². The van der Waals surface area contributed by atoms with E-state index in [1.54, 1.807) is 11.3 Å². The molecule has 2 aromatic rings. The predicted molar refractivity (Wildman–Crippen MR) is 87.3 cm³/mol. The summed E-state index contributed by atoms with van der Waals surface area (Å²) in [6.07, 6.45) is 8.60. The highest BCUT2D eigenvalue weighted by Crippen LogP contribution is 2.43. The third-order valence-electron chi connectivity index (χ3n) is 4.71. The number of carbonyl (C=O) groups is 1. The molecule has 3 heterocycles. The third-order valence-corrected chi connectivity index (χ3v) is 5.62. The number of carbonyl (C=O) groups excluding carboxylic acids is 1. The standard InChI is InChI=1S/C17H21N3OS/c1-12-9-18-19(10-12)11-14-3-2-7-20(14)17(21)16-15(6-8-22-16)13-4-5-13/h6,8-10,13-14H,2-5,7,11H2,1H3/t14-/m0/s1. The Kier molecular flexibility index (Phi) is 3.53. The van der Waals surface area contributed by atoms with E-state index >= 15 is 0 Å². The summed E-state index contributed by atoms with van der Waals surface area (Å²) in [6, 6.07) is 2.43. The van der Waals surface area contributed by atoms with Crippen molar-refractivity contribution in [1.29, 1.82) is 0 Å². The van der Waals surface area contributed by atoms with E-state index in [-0.39, 0.29) is 11.9 Å². The molecule has 2 fully saturated rings. The number of likely N-dealkylation sites (tertiary alicyclic amines) is 1. The summed E-state index contributed by atoms with van der Waals surface area (Å²) < 4.78 is 1.97. The van der Waals surface area contributed by atoms with Gasteiger partial charge in [-0.05, 0) is 61.1 Å². The Hall–Kier alpha value is -1.62. The summed E-state index contributed by atoms with van der Waals surface area (Å²) >= 11 is 1.61. The molecule has 0 bridgehead atoms. The second kappa shape index (κ2) is 5.54. The van der Waals surface area contributed by atoms with Crippen molar-refractivity contribution in [2.24, 2.45) is 0 Å². The molecule has 0 aromatic carbocycles. The quantitative estimate of drug-likeness (QED) is 0.867. The van der Waals surface area contributed by atoms with Gasteiger partial charge in [0.15, 0.2) is 0 Å². The average Bonchev–Trinajstić information content (AvgIpc) is 2.92. The van der Waals surface area contributed by atoms with Crippen LogP contribution in [0.1, 0.15) is 52.4 Å². The first-order valence-electron chi connectivity index (χ1n) is 8.10. The number of nitrogens with zero attached hydrogens (tertiary/aromatic N) is 3. The fourth-order valence-corrected chi connectivity index (χ4v) is 4.35. The number of hydrogen-bond acceptors (Lipinski definition) is 3. The van der Waals surface area contributed by atoms with E-state index in [4.69, 9.17) is 0 Å². The van der Waals surface area contributed by atoms with Crippen molar-refractivity contribution in [3.05, 3.63) is 39.8 Å². The van der Waals surface area contributed by atoms with Crippen molar-refractivity contribution in [2.45, 2.75) is 51.1 Å². The highest BCUT2D eigenvalue weighted by Gasteiger charge is 2.34. The van der Waals surface area contributed by atoms with Gasteiger partial charge < -0.3 is 4.90 Å². The molecule has 0 spiro atoms. The Morgan fingerprint density at radius 1 is 1.41 bits per heavy atom. The lowest BCUT2D eigenvalue weighted by atomic mass is 10.1. The number of amides is 1. The van der Waals surface area contributed by atoms with Crippen molar-refractivity contribution in [3.8, 4) is 0 Å². The second-order valence-corrected chi connectivity index (χ2v) is 7.43. The van der Waals surface area contributed by atoms with Gasteiger partial charge in [0.1, 0.15) is 0 Å². The van der Waals surface area contributed by atoms with Gasteiger partial charge in [0.2, 0.25) is 0 Å². The predicted octanol–water partition coefficient (Wildman–Crippen LogP) is 3.44. The lowest BCUT2D eigenvalue weighted by Crippen LogP contribution is -2.38. The number of rotatable bonds is 4. The average molecular weight is 315 g/mol. The maximum atomic E-state index is 13.0. The van der Waals surface area contributed by atoms with Crippen LogP contribution < -0.4 is 0 Å². The summed E-state index contributed by atoms with van der Waals surface area (Å²) in [5.74, 6) is 0.878. The zero-order chi connectivity index (χ0) is 15.1. The molecule has 1 aliphatic carbocycles. The fraction of sp³-hybridized carbons (Fsp3) is 0.529. The molecule has 1 aliphatic heterocycles. The summed E-state index contributed by atoms with van der Waals surface area (Å²) in [7, 11) is 0. The van der Waals surface area contributed by atoms with Gasteiger partial charge in [-0.1, -0.05) is 0 Å². The molecule has 4 rings (SSSR count). The van der Waals surface area contributed by atoms with E-state index in [0.717, 1.165) is 30.8 Å². The van der Waals surface area contributed by atoms with Crippen LogP contribution in [0.25, 0.3) is 0 Å². The first-order valence-corrected chi connectivity index (χ1v) is 8.98. The molecule has 2 aliphatic rings. The molecule has 1 amide bonds. The molecule has 116 valence electrons. The van der Waals surface area contributed by atoms with Crippen LogP contribution in [0.4, 0.5) is 0 Å². The van der Waals surface area contributed by atoms with Gasteiger partial charge in [-0.2, -0.15) is 5.10 Å². The number of thiophene rings is 1. The van der Waals surface area contributed by atoms with Crippen LogP contribution in [0.3, 0.4) is 0 Å². The molecule has 1 saturated carbocycles. The van der Waals surface area contributed by atoms with E-state index in [1.165, 1.54) is 24.0 Å². The molecule has 0 N–H and O–H groups in total. The number of aryl methyl sites for hydroxylation is 1. The van der Waals surface area contributed by atoms with Crippen LogP contribution in [-0.2, 0) is 6.54 Å². The highest BCUT2D eigenvalue weighted by atomic mass is 32.1. The monoisotopic (exact) mass is 315 g/mol. The van der Waals surface area contributed by atoms with Crippen LogP contribution in [0.15, 0.2) is 23.8 Å². The van der Waals surface area contributed by atoms with Crippen molar-refractivity contribution < 1.29 is 4.79 Å². The van der Waals surface area contributed by atoms with Gasteiger partial charge in [0, 0.05) is 12.7 Å². The SMILES string of the molecule is Cc1cnn(C[C@@H]2CCCN2C(=O)c2sccc2C2CC2)c1. The normalized spacial score (nSPS) is 21.5. The van der Waals surface area contributed by atoms with Gasteiger partial charge in [-0.25, -0.2) is 0 Å². The minimum Gasteiger partial charge on any atom is -0.333 e. The van der Waals surface area contributed by atoms with Crippen LogP contribution in [0.5, 0.6) is 0 Å². The summed E-state index contributed by atoms with van der Waals surface area (Å²) in [6.45, 7) is 3.74. The first-order chi connectivity index (χ1) is 10.7. The summed E-state index contributed by atoms with van der Waals surface area (Å²) in [4.78, 5) is 16.0. The topological polar surface area (TPSA) is 38.1 Å². The molecule has 5 heteroatoms. The highest BCUT2D eigenvalue weighted by molar-refractivity contribution is 7.12. The second-order valence-electron chi connectivity index (χ2n) is 6.51. The van der Waals surface area contributed by atoms with E-state index in [1.807, 2.05) is 10.9 Å². The van der Waals surface area contributed by atoms with Gasteiger partial charge in [-0.15, -0.1) is 11.3 Å². The van der Waals surface area contributed by atoms with Gasteiger partial charge >= 0.3 is 0 Å². The molecule has 22 heavy (non-hydrogen) atoms. The molecular weight excluding hydrogens is 294 g/mol. The maximum absolute atomic E-state index is 13.0. The molecule has 4 nitrogen and oxygen atoms in total. The molecule has 0 unspecified atom stereocenters. The van der Waals surface area contributed by atoms with Crippen molar-refractivity contribution in [1.82, 2.24) is 14.7 Å². The molecule has 0 radical (unpaired) electrons. The van der Waals surface area contributed by atoms with E-state index in [9.17, 15) is 4.79 Å². The zero-order valence-electron chi connectivity index (χ0n) is 12.9. The van der Waals surface area contributed by atoms with Gasteiger partial charge in [-0.3, -0.25) is 9.48 Å². The smallest absolute Gasteiger partial charge is 0.264 e. The van der Waals surface area contributed by atoms with Crippen molar-refractivity contribution in [2.75, 3.05) is 6.54 Å². The van der Waals surface area contributed by atoms with Crippen LogP contribution >= 0.6 is 11.3 Å². The zero-order valence-corrected chi connectivity index (χ0v) is 13.7. The summed E-state index contributed by atoms with van der Waals surface area (Å²) in [5.41, 5.74) is 2.46. The number of aromatic nitrogens is 2. The van der Waals surface area contributed by atoms with Gasteiger partial charge in [0.25, 0.3) is 5.91 Å². The Labute approximate surface area is 134 Å². The van der Waals surface area contributed by atoms with Crippen molar-refractivity contribution in [3.63, 3.8) is 0 Å². The molecular formula is C17H21N3OS. The lowest BCUT2D eigenvalue weighted by Gasteiger charge is -2.24. The molecule has 1 atom stereocenters. The molecule has 2 aromatic heterocycles. The first kappa shape index (κ1) is 14.0. The van der Waals surface area contributed by atoms with Crippen LogP contribution in [-0.4, -0.2) is 33.2 Å². The van der Waals surface area contributed by atoms with E-state index < -0.39 is 0 Å². The Balaban J connectivity index is 1.52. The van der Waals surface area contributed by atoms with Gasteiger partial charge in [0.05, 0.1) is 23.7 Å². The largest absolute Gasteiger partial charge is 0.333 e. The number of hydrogen-bond donors (Lipinski definition) is 0. The summed E-state index contributed by atoms with van der Waals surface area (Å²) in [5, 5.41) is 6.45. The molecule has 1 saturated heterocycles. The third kappa shape index (κ3) is 2.58. The Bertz CT molecular complexity index is 686. The van der Waals surface area contributed by atoms with Crippen molar-refractivity contribution >= 4 is 17.2 Å². The van der Waals surface area contributed by atoms with Crippen LogP contribution in [0, 0.1) is 6.92 Å². The lowest BCUT2D eigenvalue weighted by molar-refractivity contribution is 0.0725. The minimum absolute atomic E-state index is 0.239. The maximum Gasteiger partial charge on any atom is 0.264 e. The Morgan fingerprint density at radius 2 is 2.27 bits per heavy atom. The minimum atomic E-state index is 0.239. The Morgan fingerprint density at radius 3 is 3.00 bits per heavy atom. The van der Waals surface area contributed by atoms with Crippen LogP contribution in [0.2, 0.25) is 0 Å². The fourth-order valence-electron chi connectivity index (χ4n) is 3.41.